The number of carbonyl (C=O) groups excluding carboxylic acids is 14. The van der Waals surface area contributed by atoms with Crippen molar-refractivity contribution < 1.29 is 143 Å². The van der Waals surface area contributed by atoms with Gasteiger partial charge in [-0.05, 0) is 69.7 Å². The second-order valence-corrected chi connectivity index (χ2v) is 32.3. The Labute approximate surface area is 828 Å². The number of aliphatic carboxylic acids is 3. The zero-order valence-corrected chi connectivity index (χ0v) is 81.1. The van der Waals surface area contributed by atoms with Crippen LogP contribution in [0.25, 0.3) is 0 Å². The summed E-state index contributed by atoms with van der Waals surface area (Å²) in [5.74, 6) is -19.7. The smallest absolute Gasteiger partial charge is 0.358 e. The number of unbranched alkanes of at least 4 members (excludes halogenated alkanes) is 2. The third-order valence-corrected chi connectivity index (χ3v) is 20.9. The topological polar surface area (TPSA) is 960 Å². The van der Waals surface area contributed by atoms with E-state index in [-0.39, 0.29) is 171 Å². The van der Waals surface area contributed by atoms with Gasteiger partial charge in [-0.25, -0.2) is 34.4 Å². The monoisotopic (exact) mass is 2090 g/mol. The number of hydrogen-bond acceptors (Lipinski definition) is 30. The van der Waals surface area contributed by atoms with Crippen LogP contribution in [0.4, 0.5) is 0 Å². The Morgan fingerprint density at radius 3 is 1.23 bits per heavy atom. The summed E-state index contributed by atoms with van der Waals surface area (Å²) in [4.78, 5) is 269. The Bertz CT molecular complexity index is 4900. The van der Waals surface area contributed by atoms with Gasteiger partial charge in [-0.15, -0.1) is 5.10 Å². The molecule has 142 heavy (non-hydrogen) atoms. The molecule has 0 bridgehead atoms. The van der Waals surface area contributed by atoms with Gasteiger partial charge in [0.15, 0.2) is 5.96 Å². The van der Waals surface area contributed by atoms with Crippen LogP contribution in [0.2, 0.25) is 0 Å². The van der Waals surface area contributed by atoms with Crippen LogP contribution in [0.3, 0.4) is 0 Å². The number of aromatic amines is 5. The molecule has 0 fully saturated rings. The maximum atomic E-state index is 15.0. The fraction of sp³-hybridized carbons (Fsp3) is 0.542. The van der Waals surface area contributed by atoms with E-state index < -0.39 is 236 Å². The third-order valence-electron chi connectivity index (χ3n) is 20.9. The summed E-state index contributed by atoms with van der Waals surface area (Å²) < 4.78 is 8.69. The normalized spacial score (nSPS) is 13.8. The van der Waals surface area contributed by atoms with Crippen LogP contribution in [0.15, 0.2) is 68.8 Å². The van der Waals surface area contributed by atoms with E-state index >= 15 is 9.59 Å². The van der Waals surface area contributed by atoms with Crippen LogP contribution in [-0.2, 0) is 162 Å². The van der Waals surface area contributed by atoms with Crippen molar-refractivity contribution in [3.63, 3.8) is 0 Å². The number of hydrogen-bond donors (Lipinski definition) is 30. The third kappa shape index (κ3) is 46.1. The summed E-state index contributed by atoms with van der Waals surface area (Å²) in [6.07, 6.45) is 12.2. The molecule has 6 heterocycles. The second-order valence-electron chi connectivity index (χ2n) is 32.3. The van der Waals surface area contributed by atoms with Crippen LogP contribution in [0.1, 0.15) is 139 Å². The molecular formula is C83H135N33O25Tc. The van der Waals surface area contributed by atoms with Crippen LogP contribution < -0.4 is 103 Å². The average Bonchev–Trinajstić information content (AvgIpc) is 1.23. The number of carboxylic acids is 3. The number of amides is 14. The average molecular weight is 2090 g/mol. The number of nitrogens with zero attached hydrogens (tertiary/aromatic N) is 8. The Hall–Kier alpha value is -14.4. The van der Waals surface area contributed by atoms with E-state index in [1.807, 2.05) is 0 Å². The largest absolute Gasteiger partial charge is 0.457 e. The number of aromatic nitrogens is 13. The van der Waals surface area contributed by atoms with Crippen molar-refractivity contribution in [1.29, 1.82) is 5.41 Å². The molecule has 59 heteroatoms. The Morgan fingerprint density at radius 2 is 0.817 bits per heavy atom. The molecule has 6 rings (SSSR count). The van der Waals surface area contributed by atoms with Crippen molar-refractivity contribution in [3.05, 3.63) is 124 Å². The van der Waals surface area contributed by atoms with Crippen LogP contribution in [0, 0.1) is 38.7 Å². The van der Waals surface area contributed by atoms with Crippen LogP contribution in [0.5, 0.6) is 0 Å². The Balaban J connectivity index is 0.0000282. The van der Waals surface area contributed by atoms with E-state index in [9.17, 15) is 92.3 Å². The van der Waals surface area contributed by atoms with Gasteiger partial charge in [0.1, 0.15) is 85.1 Å². The van der Waals surface area contributed by atoms with Crippen LogP contribution >= 0.6 is 0 Å². The first kappa shape index (κ1) is 128. The summed E-state index contributed by atoms with van der Waals surface area (Å²) >= 11 is 0. The number of nitrogens with two attached hydrogens (primary N) is 4. The summed E-state index contributed by atoms with van der Waals surface area (Å²) in [6, 6.07) is -22.2. The van der Waals surface area contributed by atoms with E-state index in [1.54, 1.807) is 27.7 Å². The molecule has 0 aromatic carbocycles. The van der Waals surface area contributed by atoms with E-state index in [4.69, 9.17) is 38.1 Å². The molecule has 0 aliphatic carbocycles. The summed E-state index contributed by atoms with van der Waals surface area (Å²) in [5.41, 5.74) is 24.1. The standard InChI is InChI=1S/C80H123N33O22.CO.2CH3.2H2O.Tc/c1-5-42(4)65(77(131)107-57(24-46-30-89-39-97-46)72(126)104-56(23-45-29-88-38-96-45)70(124)102-54(21-43-27-86-36-94-43)67(121)92-18-14-62(116)99-52(79(134)135)12-7-9-16-91-63(117)33-113-32-48(111-112-113)20-50(83)78(132)133)110-74(128)58(25-47-31-90-40-98-47)105-73(127)59(26-64(118)119)106-71(125)55(22-44-28-87-37-95-44)103-68(122)51(13-10-17-93-80(84)85)100-75(129)61(35-115)109-69(123)53(19-41(2)3)101-76(130)60(34-114)108-66(120)49(82)11-6-8-15-81;1-2;;;;;/h27-32,36-42,49-61,65,114-115H,5-26,33-35,81-83H2,1-4H3,(H,86,94)(H,87,95)(H,88,96)(H,89,97)(H,90,98)(H,91,117)(H,92,121)(H,99,116)(H,100,129)(H,101,130)(H,102,124)(H,103,122)(H,104,126)(H,105,127)(H,106,125)(H,107,131)(H,108,120)(H,109,123)(H,110,128)(H,118,119)(H,132,133)(H,134,135)(H4,84,85,93);;2*1H3;2*1H2;/q;;2*-1;;;/p+2/t42-,49-,50+,51-,52?,53-,54-,55-,56-,57-,58-,59-,60-,61-,65-;;;;;;/m0....../s1/i;;;;;;1+1. The van der Waals surface area contributed by atoms with Gasteiger partial charge >= 0.3 is 29.2 Å². The van der Waals surface area contributed by atoms with Crippen molar-refractivity contribution >= 4 is 107 Å². The maximum Gasteiger partial charge on any atom is -0.358 e. The first-order valence-corrected chi connectivity index (χ1v) is 43.7. The SMILES string of the molecule is CC[C@H](C)[C@H](NC(=O)[C@H](Cc1cnc[nH]1)NC(=O)[C@H](CC(=O)O)NC(=O)[C@H](Cc1cnc[nH]1)NC(=O)[C@H](CCCNC(=N)N)NC(=O)[C@H](CO)NC(=O)[C@H](CC(C)C)NC(=O)[C@H](CO)NC(=O)[C@@H](N)CCCCN)C(=O)N[C@@H](Cc1cnc[nH]1)C(=O)N[C@@H](Cc1cnc[nH]1)C(=O)N[C@@H](Cc1cnc[nH]1)C(=O)NCCC(=O)NC(CCCCNC(=O)Cn1cc(C[C@@H](N)C(=O)O)nn1)C(=O)O.[99Tc].[C-]#[O+].[CH3-].[CH3-].[OH3+].[OH3+]. The first-order valence-electron chi connectivity index (χ1n) is 43.7. The van der Waals surface area contributed by atoms with Gasteiger partial charge < -0.3 is 179 Å². The molecule has 40 N–H and O–H groups in total. The Kier molecular flexibility index (Phi) is 60.9. The molecule has 789 valence electrons. The van der Waals surface area contributed by atoms with Gasteiger partial charge in [-0.1, -0.05) is 45.7 Å². The molecule has 0 saturated carbocycles. The van der Waals surface area contributed by atoms with Gasteiger partial charge in [-0.2, -0.15) is 0 Å². The van der Waals surface area contributed by atoms with E-state index in [1.165, 1.54) is 73.5 Å². The molecule has 14 amide bonds. The predicted molar refractivity (Wildman–Crippen MR) is 498 cm³/mol. The fourth-order valence-electron chi connectivity index (χ4n) is 13.4. The molecule has 6 aromatic heterocycles. The zero-order chi connectivity index (χ0) is 101. The van der Waals surface area contributed by atoms with Gasteiger partial charge in [0.2, 0.25) is 82.7 Å². The van der Waals surface area contributed by atoms with Crippen molar-refractivity contribution in [2.45, 2.75) is 234 Å². The minimum atomic E-state index is -2.09. The second kappa shape index (κ2) is 67.8. The van der Waals surface area contributed by atoms with Gasteiger partial charge in [-0.3, -0.25) is 82.1 Å². The van der Waals surface area contributed by atoms with E-state index in [2.05, 4.69) is 147 Å². The van der Waals surface area contributed by atoms with Gasteiger partial charge in [0, 0.05) is 150 Å². The van der Waals surface area contributed by atoms with Gasteiger partial charge in [0.05, 0.1) is 63.0 Å². The number of carbonyl (C=O) groups is 17. The molecule has 0 spiro atoms. The number of aliphatic hydroxyl groups excluding tert-OH is 2. The number of H-pyrrole nitrogens is 5. The number of rotatable bonds is 64. The summed E-state index contributed by atoms with van der Waals surface area (Å²) in [7, 11) is 0. The molecule has 1 unspecified atom stereocenters. The number of imidazole rings is 5. The zero-order valence-electron chi connectivity index (χ0n) is 79.3. The van der Waals surface area contributed by atoms with Crippen molar-refractivity contribution in [3.8, 4) is 0 Å². The quantitative estimate of drug-likeness (QED) is 0.00554. The summed E-state index contributed by atoms with van der Waals surface area (Å²) in [5, 5.41) is 103. The minimum Gasteiger partial charge on any atom is -0.457 e. The maximum absolute atomic E-state index is 15.0. The minimum absolute atomic E-state index is 0. The molecule has 0 aliphatic rings. The molecule has 1 radical (unpaired) electrons. The predicted octanol–water partition coefficient (Wildman–Crippen LogP) is -11.0. The molecule has 58 nitrogen and oxygen atoms in total. The molecule has 15 atom stereocenters. The van der Waals surface area contributed by atoms with Crippen molar-refractivity contribution in [2.75, 3.05) is 39.4 Å². The number of guanidine groups is 1. The number of carboxylic acid groups (broad SMARTS) is 3. The molecule has 6 aromatic rings. The van der Waals surface area contributed by atoms with Crippen LogP contribution in [-0.4, -0.2) is 321 Å². The van der Waals surface area contributed by atoms with E-state index in [0.29, 0.717) is 37.2 Å². The fourth-order valence-corrected chi connectivity index (χ4v) is 13.4. The molecule has 0 aliphatic heterocycles. The van der Waals surface area contributed by atoms with E-state index in [0.717, 1.165) is 0 Å². The summed E-state index contributed by atoms with van der Waals surface area (Å²) in [6.45, 7) is 8.86. The molecular weight excluding hydrogens is 1960 g/mol. The number of aliphatic hydroxyl groups is 2. The first-order chi connectivity index (χ1) is 65.4. The van der Waals surface area contributed by atoms with Crippen molar-refractivity contribution in [1.82, 2.24) is 145 Å². The van der Waals surface area contributed by atoms with Gasteiger partial charge in [0.25, 0.3) is 0 Å². The van der Waals surface area contributed by atoms with Crippen molar-refractivity contribution in [2.24, 2.45) is 34.8 Å². The Morgan fingerprint density at radius 1 is 0.437 bits per heavy atom. The number of nitrogens with one attached hydrogen (secondary N) is 21. The molecule has 0 saturated heterocycles.